The van der Waals surface area contributed by atoms with Crippen LogP contribution in [0, 0.1) is 42.9 Å². The van der Waals surface area contributed by atoms with Crippen molar-refractivity contribution in [2.45, 2.75) is 75.9 Å². The van der Waals surface area contributed by atoms with Gasteiger partial charge in [0.25, 0.3) is 0 Å². The van der Waals surface area contributed by atoms with Crippen LogP contribution in [0.15, 0.2) is 12.7 Å². The van der Waals surface area contributed by atoms with E-state index in [9.17, 15) is 28.6 Å². The van der Waals surface area contributed by atoms with Crippen molar-refractivity contribution >= 4 is 31.2 Å². The molecule has 1 aliphatic rings. The molecule has 1 fully saturated rings. The molecule has 41 heavy (non-hydrogen) atoms. The van der Waals surface area contributed by atoms with E-state index in [0.29, 0.717) is 25.7 Å². The Morgan fingerprint density at radius 1 is 0.854 bits per heavy atom. The Kier molecular flexibility index (Phi) is 16.2. The molecule has 0 bridgehead atoms. The molecule has 5 N–H and O–H groups in total. The first-order valence-corrected chi connectivity index (χ1v) is 15.3. The van der Waals surface area contributed by atoms with E-state index in [2.05, 4.69) is 45.6 Å². The molecule has 0 spiro atoms. The van der Waals surface area contributed by atoms with Gasteiger partial charge in [-0.1, -0.05) is 23.8 Å². The second kappa shape index (κ2) is 18.7. The lowest BCUT2D eigenvalue weighted by Crippen LogP contribution is -2.52. The maximum atomic E-state index is 13.5. The molecule has 0 aliphatic heterocycles. The van der Waals surface area contributed by atoms with Gasteiger partial charge in [-0.05, 0) is 44.9 Å². The molecule has 1 saturated carbocycles. The lowest BCUT2D eigenvalue weighted by molar-refractivity contribution is -0.131. The standard InChI is InChI=1S/C29H41N4O7P/c1-5-19-30-25(34)13-16-29(17-14-26(35)31-20-6-2,18-15-27(36)32-21-7-3)33-28(37)23-9-11-24(12-10-23)40-41(38,39)22-8-4/h1-3,8,23-24H,4,9-22H2,(H,30,34)(H,31,35)(H,32,36)(H,33,37)(H,38,39)/t23-,24-. The maximum absolute atomic E-state index is 13.5. The largest absolute Gasteiger partial charge is 0.350 e. The number of terminal acetylenes is 3. The Balaban J connectivity index is 3.08. The van der Waals surface area contributed by atoms with Gasteiger partial charge in [0.05, 0.1) is 31.9 Å². The Labute approximate surface area is 242 Å². The van der Waals surface area contributed by atoms with Crippen molar-refractivity contribution in [3.05, 3.63) is 12.7 Å². The van der Waals surface area contributed by atoms with E-state index in [1.54, 1.807) is 0 Å². The van der Waals surface area contributed by atoms with E-state index >= 15 is 0 Å². The highest BCUT2D eigenvalue weighted by Crippen LogP contribution is 2.46. The fourth-order valence-electron chi connectivity index (χ4n) is 4.57. The van der Waals surface area contributed by atoms with Crippen molar-refractivity contribution in [3.63, 3.8) is 0 Å². The summed E-state index contributed by atoms with van der Waals surface area (Å²) in [7, 11) is -3.79. The van der Waals surface area contributed by atoms with Gasteiger partial charge in [0.2, 0.25) is 23.6 Å². The summed E-state index contributed by atoms with van der Waals surface area (Å²) in [4.78, 5) is 60.6. The summed E-state index contributed by atoms with van der Waals surface area (Å²) < 4.78 is 17.5. The zero-order chi connectivity index (χ0) is 30.7. The first kappa shape index (κ1) is 35.5. The van der Waals surface area contributed by atoms with E-state index in [0.717, 1.165) is 0 Å². The predicted molar refractivity (Wildman–Crippen MR) is 156 cm³/mol. The smallest absolute Gasteiger partial charge is 0.332 e. The number of hydrogen-bond donors (Lipinski definition) is 5. The van der Waals surface area contributed by atoms with Gasteiger partial charge in [-0.2, -0.15) is 0 Å². The number of allylic oxidation sites excluding steroid dienone is 1. The number of rotatable bonds is 18. The minimum Gasteiger partial charge on any atom is -0.350 e. The average molecular weight is 589 g/mol. The van der Waals surface area contributed by atoms with Gasteiger partial charge in [0, 0.05) is 30.7 Å². The van der Waals surface area contributed by atoms with Crippen molar-refractivity contribution in [2.75, 3.05) is 25.8 Å². The molecular formula is C29H41N4O7P. The molecule has 1 rings (SSSR count). The van der Waals surface area contributed by atoms with Crippen molar-refractivity contribution in [2.24, 2.45) is 5.92 Å². The molecule has 224 valence electrons. The molecule has 0 radical (unpaired) electrons. The molecule has 1 unspecified atom stereocenters. The molecule has 4 amide bonds. The normalized spacial score (nSPS) is 17.8. The monoisotopic (exact) mass is 588 g/mol. The van der Waals surface area contributed by atoms with Crippen molar-refractivity contribution in [1.29, 1.82) is 0 Å². The van der Waals surface area contributed by atoms with Crippen LogP contribution in [0.1, 0.15) is 64.2 Å². The van der Waals surface area contributed by atoms with Crippen LogP contribution in [0.5, 0.6) is 0 Å². The number of nitrogens with one attached hydrogen (secondary N) is 4. The molecule has 1 atom stereocenters. The topological polar surface area (TPSA) is 163 Å². The fourth-order valence-corrected chi connectivity index (χ4v) is 5.66. The van der Waals surface area contributed by atoms with Crippen LogP contribution in [0.25, 0.3) is 0 Å². The van der Waals surface area contributed by atoms with Crippen molar-refractivity contribution < 1.29 is 33.2 Å². The molecule has 1 aliphatic carbocycles. The van der Waals surface area contributed by atoms with E-state index in [4.69, 9.17) is 23.8 Å². The van der Waals surface area contributed by atoms with Crippen LogP contribution >= 0.6 is 7.60 Å². The predicted octanol–water partition coefficient (Wildman–Crippen LogP) is 1.38. The maximum Gasteiger partial charge on any atom is 0.332 e. The van der Waals surface area contributed by atoms with Crippen LogP contribution in [0.4, 0.5) is 0 Å². The van der Waals surface area contributed by atoms with Crippen LogP contribution in [0.2, 0.25) is 0 Å². The first-order chi connectivity index (χ1) is 19.5. The van der Waals surface area contributed by atoms with Gasteiger partial charge in [0.1, 0.15) is 0 Å². The highest BCUT2D eigenvalue weighted by atomic mass is 31.2. The Morgan fingerprint density at radius 2 is 1.27 bits per heavy atom. The molecular weight excluding hydrogens is 547 g/mol. The van der Waals surface area contributed by atoms with Gasteiger partial charge in [-0.3, -0.25) is 23.7 Å². The summed E-state index contributed by atoms with van der Waals surface area (Å²) in [5.41, 5.74) is -1.08. The van der Waals surface area contributed by atoms with Crippen molar-refractivity contribution in [3.8, 4) is 37.0 Å². The lowest BCUT2D eigenvalue weighted by atomic mass is 9.81. The van der Waals surface area contributed by atoms with Crippen LogP contribution in [-0.2, 0) is 28.3 Å². The average Bonchev–Trinajstić information content (AvgIpc) is 2.94. The third kappa shape index (κ3) is 14.6. The third-order valence-electron chi connectivity index (χ3n) is 6.76. The quantitative estimate of drug-likeness (QED) is 0.0918. The Bertz CT molecular complexity index is 1010. The third-order valence-corrected chi connectivity index (χ3v) is 8.11. The number of carbonyl (C=O) groups excluding carboxylic acids is 4. The minimum absolute atomic E-state index is 0.00439. The molecule has 0 aromatic heterocycles. The summed E-state index contributed by atoms with van der Waals surface area (Å²) >= 11 is 0. The van der Waals surface area contributed by atoms with E-state index in [1.807, 2.05) is 0 Å². The number of amides is 4. The Hall–Kier alpha value is -3.55. The molecule has 11 nitrogen and oxygen atoms in total. The summed E-state index contributed by atoms with van der Waals surface area (Å²) in [5.74, 6) is 5.27. The first-order valence-electron chi connectivity index (χ1n) is 13.5. The van der Waals surface area contributed by atoms with Gasteiger partial charge in [0.15, 0.2) is 0 Å². The summed E-state index contributed by atoms with van der Waals surface area (Å²) in [5, 5.41) is 10.8. The second-order valence-corrected chi connectivity index (χ2v) is 11.8. The zero-order valence-electron chi connectivity index (χ0n) is 23.4. The van der Waals surface area contributed by atoms with Crippen LogP contribution in [-0.4, -0.2) is 66.0 Å². The van der Waals surface area contributed by atoms with E-state index < -0.39 is 25.2 Å². The highest BCUT2D eigenvalue weighted by Gasteiger charge is 2.37. The molecule has 0 heterocycles. The van der Waals surface area contributed by atoms with E-state index in [-0.39, 0.29) is 87.9 Å². The minimum atomic E-state index is -3.79. The van der Waals surface area contributed by atoms with Gasteiger partial charge < -0.3 is 30.7 Å². The number of carbonyl (C=O) groups is 4. The van der Waals surface area contributed by atoms with Crippen molar-refractivity contribution in [1.82, 2.24) is 21.3 Å². The fraction of sp³-hybridized carbons (Fsp3) is 0.586. The van der Waals surface area contributed by atoms with Crippen LogP contribution in [0.3, 0.4) is 0 Å². The molecule has 0 aromatic carbocycles. The zero-order valence-corrected chi connectivity index (χ0v) is 24.3. The lowest BCUT2D eigenvalue weighted by Gasteiger charge is -2.37. The highest BCUT2D eigenvalue weighted by molar-refractivity contribution is 7.53. The van der Waals surface area contributed by atoms with Gasteiger partial charge in [-0.25, -0.2) is 0 Å². The van der Waals surface area contributed by atoms with Crippen LogP contribution < -0.4 is 21.3 Å². The second-order valence-electron chi connectivity index (χ2n) is 9.90. The van der Waals surface area contributed by atoms with Gasteiger partial charge >= 0.3 is 7.60 Å². The van der Waals surface area contributed by atoms with Gasteiger partial charge in [-0.15, -0.1) is 25.8 Å². The Morgan fingerprint density at radius 3 is 1.63 bits per heavy atom. The summed E-state index contributed by atoms with van der Waals surface area (Å²) in [6.07, 6.45) is 18.5. The SMILES string of the molecule is C#CCNC(=O)CCC(CCC(=O)NCC#C)(CCC(=O)NCC#C)NC(=O)[C@H]1CC[C@H](OP(=O)(O)CC=C)CC1. The molecule has 12 heteroatoms. The van der Waals surface area contributed by atoms with E-state index in [1.165, 1.54) is 6.08 Å². The molecule has 0 saturated heterocycles. The summed E-state index contributed by atoms with van der Waals surface area (Å²) in [6.45, 7) is 3.59. The molecule has 0 aromatic rings. The summed E-state index contributed by atoms with van der Waals surface area (Å²) in [6, 6.07) is 0. The number of hydrogen-bond acceptors (Lipinski definition) is 6.